The predicted molar refractivity (Wildman–Crippen MR) is 82.6 cm³/mol. The van der Waals surface area contributed by atoms with Crippen molar-refractivity contribution < 1.29 is 12.8 Å². The van der Waals surface area contributed by atoms with Crippen LogP contribution in [0.25, 0.3) is 0 Å². The van der Waals surface area contributed by atoms with Crippen LogP contribution in [-0.4, -0.2) is 14.5 Å². The largest absolute Gasteiger partial charge is 0.243 e. The Bertz CT molecular complexity index is 534. The van der Waals surface area contributed by atoms with Crippen LogP contribution in [0.4, 0.5) is 4.39 Å². The van der Waals surface area contributed by atoms with E-state index >= 15 is 0 Å². The quantitative estimate of drug-likeness (QED) is 0.749. The highest BCUT2D eigenvalue weighted by Crippen LogP contribution is 2.20. The van der Waals surface area contributed by atoms with Gasteiger partial charge in [-0.2, -0.15) is 0 Å². The van der Waals surface area contributed by atoms with Crippen LogP contribution in [-0.2, 0) is 10.0 Å². The Balaban J connectivity index is 2.91. The third-order valence-electron chi connectivity index (χ3n) is 3.05. The Morgan fingerprint density at radius 1 is 1.25 bits per heavy atom. The van der Waals surface area contributed by atoms with Crippen molar-refractivity contribution in [3.63, 3.8) is 0 Å². The lowest BCUT2D eigenvalue weighted by Crippen LogP contribution is -2.35. The van der Waals surface area contributed by atoms with Gasteiger partial charge in [0.15, 0.2) is 0 Å². The maximum atomic E-state index is 13.8. The van der Waals surface area contributed by atoms with E-state index in [1.807, 2.05) is 6.92 Å². The fourth-order valence-corrected chi connectivity index (χ4v) is 3.73. The Morgan fingerprint density at radius 2 is 1.95 bits per heavy atom. The summed E-state index contributed by atoms with van der Waals surface area (Å²) < 4.78 is 41.4. The van der Waals surface area contributed by atoms with Crippen LogP contribution in [0.15, 0.2) is 27.6 Å². The van der Waals surface area contributed by atoms with Crippen LogP contribution in [0.2, 0.25) is 0 Å². The summed E-state index contributed by atoms with van der Waals surface area (Å²) in [5.74, 6) is -0.738. The van der Waals surface area contributed by atoms with E-state index in [1.165, 1.54) is 12.1 Å². The first-order valence-corrected chi connectivity index (χ1v) is 9.15. The van der Waals surface area contributed by atoms with Crippen molar-refractivity contribution in [2.45, 2.75) is 56.9 Å². The van der Waals surface area contributed by atoms with E-state index in [2.05, 4.69) is 27.6 Å². The third-order valence-corrected chi connectivity index (χ3v) is 5.10. The molecule has 0 saturated heterocycles. The van der Waals surface area contributed by atoms with Crippen LogP contribution in [0.5, 0.6) is 0 Å². The second kappa shape index (κ2) is 8.10. The van der Waals surface area contributed by atoms with Gasteiger partial charge < -0.3 is 0 Å². The summed E-state index contributed by atoms with van der Waals surface area (Å²) in [4.78, 5) is -0.293. The van der Waals surface area contributed by atoms with Crippen molar-refractivity contribution >= 4 is 26.0 Å². The zero-order valence-electron chi connectivity index (χ0n) is 11.8. The third kappa shape index (κ3) is 5.14. The van der Waals surface area contributed by atoms with Crippen LogP contribution < -0.4 is 4.72 Å². The van der Waals surface area contributed by atoms with Crippen molar-refractivity contribution in [3.05, 3.63) is 28.5 Å². The van der Waals surface area contributed by atoms with Crippen molar-refractivity contribution in [1.82, 2.24) is 4.72 Å². The summed E-state index contributed by atoms with van der Waals surface area (Å²) in [5.41, 5.74) is 0. The molecule has 0 saturated carbocycles. The number of hydrogen-bond acceptors (Lipinski definition) is 2. The van der Waals surface area contributed by atoms with E-state index in [-0.39, 0.29) is 10.9 Å². The van der Waals surface area contributed by atoms with E-state index < -0.39 is 15.8 Å². The smallest absolute Gasteiger partial charge is 0.208 e. The lowest BCUT2D eigenvalue weighted by molar-refractivity contribution is 0.480. The first-order chi connectivity index (χ1) is 9.40. The second-order valence-corrected chi connectivity index (χ2v) is 7.42. The number of nitrogens with one attached hydrogen (secondary N) is 1. The molecule has 0 radical (unpaired) electrons. The Labute approximate surface area is 129 Å². The fourth-order valence-electron chi connectivity index (χ4n) is 2.04. The summed E-state index contributed by atoms with van der Waals surface area (Å²) in [5, 5.41) is 0. The molecule has 0 bridgehead atoms. The van der Waals surface area contributed by atoms with Gasteiger partial charge >= 0.3 is 0 Å². The van der Waals surface area contributed by atoms with Gasteiger partial charge in [-0.1, -0.05) is 49.0 Å². The zero-order valence-corrected chi connectivity index (χ0v) is 14.2. The lowest BCUT2D eigenvalue weighted by Gasteiger charge is -2.18. The molecule has 1 atom stereocenters. The summed E-state index contributed by atoms with van der Waals surface area (Å²) in [6, 6.07) is 3.84. The molecule has 0 aliphatic rings. The van der Waals surface area contributed by atoms with Crippen LogP contribution in [0.3, 0.4) is 0 Å². The summed E-state index contributed by atoms with van der Waals surface area (Å²) in [7, 11) is -3.81. The molecular formula is C14H21BrFNO2S. The van der Waals surface area contributed by atoms with Gasteiger partial charge in [0.05, 0.1) is 0 Å². The monoisotopic (exact) mass is 365 g/mol. The van der Waals surface area contributed by atoms with Gasteiger partial charge in [-0.25, -0.2) is 17.5 Å². The molecule has 0 heterocycles. The SMILES string of the molecule is CCCCC(CCC)NS(=O)(=O)c1ccc(Br)cc1F. The number of halogens is 2. The van der Waals surface area contributed by atoms with Gasteiger partial charge in [-0.3, -0.25) is 0 Å². The van der Waals surface area contributed by atoms with E-state index in [0.717, 1.165) is 38.2 Å². The minimum Gasteiger partial charge on any atom is -0.208 e. The van der Waals surface area contributed by atoms with E-state index in [4.69, 9.17) is 0 Å². The first kappa shape index (κ1) is 17.6. The maximum absolute atomic E-state index is 13.8. The van der Waals surface area contributed by atoms with E-state index in [1.54, 1.807) is 0 Å². The molecule has 1 aromatic carbocycles. The molecule has 1 rings (SSSR count). The molecular weight excluding hydrogens is 345 g/mol. The van der Waals surface area contributed by atoms with Gasteiger partial charge in [-0.15, -0.1) is 0 Å². The average Bonchev–Trinajstić information content (AvgIpc) is 2.35. The lowest BCUT2D eigenvalue weighted by atomic mass is 10.1. The van der Waals surface area contributed by atoms with Crippen molar-refractivity contribution in [2.75, 3.05) is 0 Å². The Morgan fingerprint density at radius 3 is 2.50 bits per heavy atom. The summed E-state index contributed by atoms with van der Waals surface area (Å²) in [6.07, 6.45) is 4.39. The predicted octanol–water partition coefficient (Wildman–Crippen LogP) is 4.23. The minimum atomic E-state index is -3.81. The van der Waals surface area contributed by atoms with Gasteiger partial charge in [0.25, 0.3) is 0 Å². The fraction of sp³-hybridized carbons (Fsp3) is 0.571. The molecule has 114 valence electrons. The molecule has 0 amide bonds. The molecule has 0 aromatic heterocycles. The van der Waals surface area contributed by atoms with E-state index in [9.17, 15) is 12.8 Å². The number of hydrogen-bond donors (Lipinski definition) is 1. The Hall–Kier alpha value is -0.460. The first-order valence-electron chi connectivity index (χ1n) is 6.88. The highest BCUT2D eigenvalue weighted by molar-refractivity contribution is 9.10. The number of rotatable bonds is 8. The molecule has 1 aromatic rings. The van der Waals surface area contributed by atoms with Crippen molar-refractivity contribution in [2.24, 2.45) is 0 Å². The molecule has 0 fully saturated rings. The topological polar surface area (TPSA) is 46.2 Å². The number of unbranched alkanes of at least 4 members (excludes halogenated alkanes) is 1. The summed E-state index contributed by atoms with van der Waals surface area (Å²) in [6.45, 7) is 4.07. The molecule has 0 aliphatic heterocycles. The molecule has 20 heavy (non-hydrogen) atoms. The standard InChI is InChI=1S/C14H21BrFNO2S/c1-3-5-7-12(6-4-2)17-20(18,19)14-9-8-11(15)10-13(14)16/h8-10,12,17H,3-7H2,1-2H3. The highest BCUT2D eigenvalue weighted by Gasteiger charge is 2.22. The normalized spacial score (nSPS) is 13.4. The van der Waals surface area contributed by atoms with Gasteiger partial charge in [0.1, 0.15) is 10.7 Å². The zero-order chi connectivity index (χ0) is 15.2. The molecule has 0 aliphatic carbocycles. The number of sulfonamides is 1. The van der Waals surface area contributed by atoms with Crippen molar-refractivity contribution in [1.29, 1.82) is 0 Å². The van der Waals surface area contributed by atoms with Crippen LogP contribution in [0, 0.1) is 5.82 Å². The molecule has 1 N–H and O–H groups in total. The van der Waals surface area contributed by atoms with Crippen LogP contribution in [0.1, 0.15) is 46.0 Å². The summed E-state index contributed by atoms with van der Waals surface area (Å²) >= 11 is 3.12. The minimum absolute atomic E-state index is 0.131. The van der Waals surface area contributed by atoms with Gasteiger partial charge in [0.2, 0.25) is 10.0 Å². The highest BCUT2D eigenvalue weighted by atomic mass is 79.9. The number of benzene rings is 1. The molecule has 0 spiro atoms. The van der Waals surface area contributed by atoms with Crippen LogP contribution >= 0.6 is 15.9 Å². The average molecular weight is 366 g/mol. The van der Waals surface area contributed by atoms with E-state index in [0.29, 0.717) is 4.47 Å². The molecule has 6 heteroatoms. The molecule has 3 nitrogen and oxygen atoms in total. The van der Waals surface area contributed by atoms with Crippen molar-refractivity contribution in [3.8, 4) is 0 Å². The Kier molecular flexibility index (Phi) is 7.12. The molecule has 1 unspecified atom stereocenters. The second-order valence-electron chi connectivity index (χ2n) is 4.82. The maximum Gasteiger partial charge on any atom is 0.243 e. The van der Waals surface area contributed by atoms with Gasteiger partial charge in [0, 0.05) is 10.5 Å². The van der Waals surface area contributed by atoms with Gasteiger partial charge in [-0.05, 0) is 31.0 Å².